The van der Waals surface area contributed by atoms with Gasteiger partial charge in [0.1, 0.15) is 6.04 Å². The number of nitriles is 1. The van der Waals surface area contributed by atoms with Gasteiger partial charge < -0.3 is 5.32 Å². The maximum atomic E-state index is 8.47. The van der Waals surface area contributed by atoms with Gasteiger partial charge in [-0.25, -0.2) is 0 Å². The molecule has 0 aromatic carbocycles. The molecule has 1 rings (SSSR count). The lowest BCUT2D eigenvalue weighted by molar-refractivity contribution is 0.638. The van der Waals surface area contributed by atoms with Crippen LogP contribution in [-0.4, -0.2) is 6.04 Å². The van der Waals surface area contributed by atoms with Gasteiger partial charge in [-0.2, -0.15) is 5.26 Å². The van der Waals surface area contributed by atoms with Crippen molar-refractivity contribution >= 4 is 0 Å². The van der Waals surface area contributed by atoms with Crippen LogP contribution in [0.5, 0.6) is 0 Å². The molecule has 1 N–H and O–H groups in total. The Morgan fingerprint density at radius 2 is 2.56 bits per heavy atom. The van der Waals surface area contributed by atoms with Crippen LogP contribution in [0.2, 0.25) is 0 Å². The van der Waals surface area contributed by atoms with Crippen molar-refractivity contribution in [3.63, 3.8) is 0 Å². The van der Waals surface area contributed by atoms with Crippen LogP contribution in [0.3, 0.4) is 0 Å². The van der Waals surface area contributed by atoms with Crippen LogP contribution >= 0.6 is 0 Å². The van der Waals surface area contributed by atoms with Gasteiger partial charge in [-0.1, -0.05) is 6.08 Å². The third-order valence-corrected chi connectivity index (χ3v) is 1.43. The molecular weight excluding hydrogens is 112 g/mol. The molecule has 9 heavy (non-hydrogen) atoms. The number of allylic oxidation sites excluding steroid dienone is 1. The van der Waals surface area contributed by atoms with E-state index in [4.69, 9.17) is 5.26 Å². The number of hydrogen-bond acceptors (Lipinski definition) is 2. The smallest absolute Gasteiger partial charge is 0.114 e. The average molecular weight is 122 g/mol. The summed E-state index contributed by atoms with van der Waals surface area (Å²) < 4.78 is 0. The van der Waals surface area contributed by atoms with Crippen LogP contribution < -0.4 is 5.32 Å². The van der Waals surface area contributed by atoms with E-state index in [1.54, 1.807) is 0 Å². The first kappa shape index (κ1) is 6.15. The molecule has 0 aromatic heterocycles. The van der Waals surface area contributed by atoms with Crippen LogP contribution in [0, 0.1) is 11.3 Å². The molecule has 0 spiro atoms. The Hall–Kier alpha value is -0.970. The summed E-state index contributed by atoms with van der Waals surface area (Å²) in [5.41, 5.74) is 0. The van der Waals surface area contributed by atoms with E-state index in [2.05, 4.69) is 17.5 Å². The minimum absolute atomic E-state index is 0.0451. The Morgan fingerprint density at radius 3 is 3.33 bits per heavy atom. The number of nitrogens with zero attached hydrogens (tertiary/aromatic N) is 1. The van der Waals surface area contributed by atoms with E-state index < -0.39 is 0 Å². The molecule has 0 radical (unpaired) electrons. The molecule has 0 fully saturated rings. The fourth-order valence-electron chi connectivity index (χ4n) is 0.893. The highest BCUT2D eigenvalue weighted by atomic mass is 14.9. The summed E-state index contributed by atoms with van der Waals surface area (Å²) >= 11 is 0. The summed E-state index contributed by atoms with van der Waals surface area (Å²) in [5, 5.41) is 11.5. The van der Waals surface area contributed by atoms with Crippen molar-refractivity contribution in [1.29, 1.82) is 5.26 Å². The molecule has 0 saturated heterocycles. The van der Waals surface area contributed by atoms with Gasteiger partial charge in [0.05, 0.1) is 6.07 Å². The zero-order chi connectivity index (χ0) is 6.53. The lowest BCUT2D eigenvalue weighted by Gasteiger charge is -2.02. The molecular formula is C7H10N2. The summed E-state index contributed by atoms with van der Waals surface area (Å²) in [5.74, 6) is 0. The fourth-order valence-corrected chi connectivity index (χ4v) is 0.893. The van der Waals surface area contributed by atoms with E-state index >= 15 is 0 Å². The van der Waals surface area contributed by atoms with E-state index in [9.17, 15) is 0 Å². The van der Waals surface area contributed by atoms with Crippen LogP contribution in [-0.2, 0) is 0 Å². The highest BCUT2D eigenvalue weighted by Gasteiger charge is 2.04. The third-order valence-electron chi connectivity index (χ3n) is 1.43. The Balaban J connectivity index is 2.40. The van der Waals surface area contributed by atoms with Crippen LogP contribution in [0.25, 0.3) is 0 Å². The predicted molar refractivity (Wildman–Crippen MR) is 35.5 cm³/mol. The second kappa shape index (κ2) is 3.13. The first-order valence-electron chi connectivity index (χ1n) is 3.24. The number of nitrogens with one attached hydrogen (secondary N) is 1. The normalized spacial score (nSPS) is 25.9. The molecule has 0 saturated carbocycles. The van der Waals surface area contributed by atoms with Crippen LogP contribution in [0.15, 0.2) is 12.3 Å². The van der Waals surface area contributed by atoms with Gasteiger partial charge in [0.25, 0.3) is 0 Å². The summed E-state index contributed by atoms with van der Waals surface area (Å²) in [6.45, 7) is 0. The predicted octanol–water partition coefficient (Wildman–Crippen LogP) is 1.17. The molecule has 1 heterocycles. The quantitative estimate of drug-likeness (QED) is 0.523. The van der Waals surface area contributed by atoms with Gasteiger partial charge in [-0.3, -0.25) is 0 Å². The van der Waals surface area contributed by atoms with Crippen LogP contribution in [0.1, 0.15) is 19.3 Å². The zero-order valence-corrected chi connectivity index (χ0v) is 5.30. The van der Waals surface area contributed by atoms with Crippen molar-refractivity contribution < 1.29 is 0 Å². The Kier molecular flexibility index (Phi) is 2.14. The molecule has 1 atom stereocenters. The van der Waals surface area contributed by atoms with E-state index in [0.29, 0.717) is 0 Å². The Bertz CT molecular complexity index is 143. The Morgan fingerprint density at radius 1 is 1.67 bits per heavy atom. The average Bonchev–Trinajstić information content (AvgIpc) is 2.13. The summed E-state index contributed by atoms with van der Waals surface area (Å²) in [6, 6.07) is 2.23. The molecule has 0 aromatic rings. The van der Waals surface area contributed by atoms with E-state index in [1.807, 2.05) is 6.20 Å². The molecule has 0 aliphatic carbocycles. The lowest BCUT2D eigenvalue weighted by Crippen LogP contribution is -2.20. The molecule has 1 unspecified atom stereocenters. The van der Waals surface area contributed by atoms with Gasteiger partial charge in [-0.05, 0) is 25.5 Å². The minimum atomic E-state index is 0.0451. The summed E-state index contributed by atoms with van der Waals surface area (Å²) in [4.78, 5) is 0. The zero-order valence-electron chi connectivity index (χ0n) is 5.30. The molecule has 0 bridgehead atoms. The van der Waals surface area contributed by atoms with Crippen molar-refractivity contribution in [2.75, 3.05) is 0 Å². The van der Waals surface area contributed by atoms with Crippen molar-refractivity contribution in [2.45, 2.75) is 25.3 Å². The van der Waals surface area contributed by atoms with Gasteiger partial charge in [0.2, 0.25) is 0 Å². The summed E-state index contributed by atoms with van der Waals surface area (Å²) in [7, 11) is 0. The molecule has 2 nitrogen and oxygen atoms in total. The van der Waals surface area contributed by atoms with Crippen molar-refractivity contribution in [2.24, 2.45) is 0 Å². The van der Waals surface area contributed by atoms with Gasteiger partial charge in [0.15, 0.2) is 0 Å². The highest BCUT2D eigenvalue weighted by Crippen LogP contribution is 2.04. The maximum absolute atomic E-state index is 8.47. The molecule has 1 aliphatic rings. The van der Waals surface area contributed by atoms with Gasteiger partial charge in [-0.15, -0.1) is 0 Å². The summed E-state index contributed by atoms with van der Waals surface area (Å²) in [6.07, 6.45) is 7.15. The first-order valence-corrected chi connectivity index (χ1v) is 3.24. The molecule has 2 heteroatoms. The Labute approximate surface area is 55.2 Å². The maximum Gasteiger partial charge on any atom is 0.114 e. The standard InChI is InChI=1S/C7H10N2/c8-6-7-4-2-1-3-5-9-7/h3,5,7,9H,1-2,4H2. The largest absolute Gasteiger partial charge is 0.376 e. The van der Waals surface area contributed by atoms with Crippen LogP contribution in [0.4, 0.5) is 0 Å². The van der Waals surface area contributed by atoms with E-state index in [1.165, 1.54) is 0 Å². The minimum Gasteiger partial charge on any atom is -0.376 e. The second-order valence-corrected chi connectivity index (χ2v) is 2.18. The van der Waals surface area contributed by atoms with Crippen molar-refractivity contribution in [1.82, 2.24) is 5.32 Å². The van der Waals surface area contributed by atoms with Crippen molar-refractivity contribution in [3.8, 4) is 6.07 Å². The topological polar surface area (TPSA) is 35.8 Å². The van der Waals surface area contributed by atoms with Crippen molar-refractivity contribution in [3.05, 3.63) is 12.3 Å². The first-order chi connectivity index (χ1) is 4.43. The monoisotopic (exact) mass is 122 g/mol. The molecule has 1 aliphatic heterocycles. The number of hydrogen-bond donors (Lipinski definition) is 1. The number of rotatable bonds is 0. The second-order valence-electron chi connectivity index (χ2n) is 2.18. The highest BCUT2D eigenvalue weighted by molar-refractivity contribution is 4.97. The molecule has 48 valence electrons. The SMILES string of the molecule is N#CC1CCCC=CN1. The lowest BCUT2D eigenvalue weighted by atomic mass is 10.1. The van der Waals surface area contributed by atoms with E-state index in [0.717, 1.165) is 19.3 Å². The fraction of sp³-hybridized carbons (Fsp3) is 0.571. The molecule has 0 amide bonds. The van der Waals surface area contributed by atoms with Gasteiger partial charge in [0, 0.05) is 0 Å². The van der Waals surface area contributed by atoms with Gasteiger partial charge >= 0.3 is 0 Å². The van der Waals surface area contributed by atoms with E-state index in [-0.39, 0.29) is 6.04 Å². The third kappa shape index (κ3) is 1.77.